The lowest BCUT2D eigenvalue weighted by Crippen LogP contribution is -2.33. The van der Waals surface area contributed by atoms with Gasteiger partial charge in [0.15, 0.2) is 0 Å². The third-order valence-corrected chi connectivity index (χ3v) is 3.13. The first-order valence-electron chi connectivity index (χ1n) is 6.04. The summed E-state index contributed by atoms with van der Waals surface area (Å²) in [5.74, 6) is 0.663. The average Bonchev–Trinajstić information content (AvgIpc) is 3.13. The van der Waals surface area contributed by atoms with Gasteiger partial charge in [-0.1, -0.05) is 6.92 Å². The molecule has 1 unspecified atom stereocenters. The number of rotatable bonds is 6. The second-order valence-corrected chi connectivity index (χ2v) is 4.43. The highest BCUT2D eigenvalue weighted by molar-refractivity contribution is 5.35. The first-order chi connectivity index (χ1) is 8.22. The van der Waals surface area contributed by atoms with Crippen LogP contribution in [0.2, 0.25) is 0 Å². The summed E-state index contributed by atoms with van der Waals surface area (Å²) >= 11 is 0. The predicted molar refractivity (Wildman–Crippen MR) is 64.8 cm³/mol. The molecule has 0 bridgehead atoms. The molecule has 0 aliphatic heterocycles. The highest BCUT2D eigenvalue weighted by atomic mass is 16.6. The van der Waals surface area contributed by atoms with Crippen LogP contribution >= 0.6 is 0 Å². The monoisotopic (exact) mass is 235 g/mol. The molecular formula is C12H17N3O2. The van der Waals surface area contributed by atoms with E-state index in [4.69, 9.17) is 0 Å². The van der Waals surface area contributed by atoms with E-state index in [-0.39, 0.29) is 10.6 Å². The number of nitrogens with one attached hydrogen (secondary N) is 1. The minimum Gasteiger partial charge on any atom is -0.314 e. The highest BCUT2D eigenvalue weighted by Gasteiger charge is 2.32. The molecule has 2 rings (SSSR count). The molecule has 1 saturated carbocycles. The summed E-state index contributed by atoms with van der Waals surface area (Å²) < 4.78 is 0. The summed E-state index contributed by atoms with van der Waals surface area (Å²) in [4.78, 5) is 14.7. The summed E-state index contributed by atoms with van der Waals surface area (Å²) in [7, 11) is 0. The molecule has 1 atom stereocenters. The van der Waals surface area contributed by atoms with Crippen LogP contribution in [0.5, 0.6) is 0 Å². The largest absolute Gasteiger partial charge is 0.314 e. The second kappa shape index (κ2) is 5.23. The number of nitro groups is 1. The first kappa shape index (κ1) is 12.0. The topological polar surface area (TPSA) is 68.1 Å². The van der Waals surface area contributed by atoms with Crippen molar-refractivity contribution < 1.29 is 4.92 Å². The van der Waals surface area contributed by atoms with Crippen LogP contribution in [0, 0.1) is 16.0 Å². The summed E-state index contributed by atoms with van der Waals surface area (Å²) in [6.07, 6.45) is 4.71. The van der Waals surface area contributed by atoms with Gasteiger partial charge in [-0.2, -0.15) is 0 Å². The Kier molecular flexibility index (Phi) is 3.68. The lowest BCUT2D eigenvalue weighted by Gasteiger charge is -2.16. The number of pyridine rings is 1. The van der Waals surface area contributed by atoms with Crippen molar-refractivity contribution in [3.05, 3.63) is 34.1 Å². The quantitative estimate of drug-likeness (QED) is 0.604. The van der Waals surface area contributed by atoms with Crippen molar-refractivity contribution in [1.82, 2.24) is 10.3 Å². The molecule has 1 N–H and O–H groups in total. The van der Waals surface area contributed by atoms with Crippen LogP contribution in [0.3, 0.4) is 0 Å². The molecule has 1 aliphatic carbocycles. The van der Waals surface area contributed by atoms with E-state index in [0.717, 1.165) is 6.54 Å². The molecular weight excluding hydrogens is 218 g/mol. The molecule has 0 spiro atoms. The molecule has 5 heteroatoms. The van der Waals surface area contributed by atoms with Crippen LogP contribution in [0.1, 0.15) is 25.5 Å². The Balaban J connectivity index is 2.13. The van der Waals surface area contributed by atoms with E-state index in [1.807, 2.05) is 0 Å². The van der Waals surface area contributed by atoms with Gasteiger partial charge in [-0.05, 0) is 31.4 Å². The molecule has 17 heavy (non-hydrogen) atoms. The van der Waals surface area contributed by atoms with Gasteiger partial charge in [0, 0.05) is 24.7 Å². The first-order valence-corrected chi connectivity index (χ1v) is 6.04. The summed E-state index contributed by atoms with van der Waals surface area (Å²) in [6, 6.07) is 3.47. The van der Waals surface area contributed by atoms with Gasteiger partial charge in [0.1, 0.15) is 5.69 Å². The van der Waals surface area contributed by atoms with Crippen molar-refractivity contribution in [3.63, 3.8) is 0 Å². The van der Waals surface area contributed by atoms with Gasteiger partial charge < -0.3 is 5.32 Å². The van der Waals surface area contributed by atoms with Gasteiger partial charge >= 0.3 is 0 Å². The standard InChI is InChI=1S/C12H17N3O2/c1-2-13-10(9-5-6-9)8-11-12(15(16)17)4-3-7-14-11/h3-4,7,9-10,13H,2,5-6,8H2,1H3. The Hall–Kier alpha value is -1.49. The minimum absolute atomic E-state index is 0.135. The number of hydrogen-bond acceptors (Lipinski definition) is 4. The van der Waals surface area contributed by atoms with E-state index >= 15 is 0 Å². The van der Waals surface area contributed by atoms with E-state index < -0.39 is 0 Å². The smallest absolute Gasteiger partial charge is 0.290 e. The average molecular weight is 235 g/mol. The third-order valence-electron chi connectivity index (χ3n) is 3.13. The van der Waals surface area contributed by atoms with Gasteiger partial charge in [0.2, 0.25) is 0 Å². The van der Waals surface area contributed by atoms with Crippen molar-refractivity contribution >= 4 is 5.69 Å². The maximum atomic E-state index is 10.9. The fraction of sp³-hybridized carbons (Fsp3) is 0.583. The zero-order chi connectivity index (χ0) is 12.3. The zero-order valence-corrected chi connectivity index (χ0v) is 9.93. The molecule has 0 amide bonds. The summed E-state index contributed by atoms with van der Waals surface area (Å²) in [5.41, 5.74) is 0.728. The fourth-order valence-corrected chi connectivity index (χ4v) is 2.13. The molecule has 1 aromatic heterocycles. The normalized spacial score (nSPS) is 16.8. The van der Waals surface area contributed by atoms with E-state index in [2.05, 4.69) is 17.2 Å². The fourth-order valence-electron chi connectivity index (χ4n) is 2.13. The number of likely N-dealkylation sites (N-methyl/N-ethyl adjacent to an activating group) is 1. The van der Waals surface area contributed by atoms with E-state index in [1.165, 1.54) is 18.9 Å². The van der Waals surface area contributed by atoms with Gasteiger partial charge in [0.05, 0.1) is 4.92 Å². The SMILES string of the molecule is CCNC(Cc1ncccc1[N+](=O)[O-])C1CC1. The van der Waals surface area contributed by atoms with Gasteiger partial charge in [-0.15, -0.1) is 0 Å². The van der Waals surface area contributed by atoms with Crippen molar-refractivity contribution in [2.24, 2.45) is 5.92 Å². The Morgan fingerprint density at radius 3 is 3.00 bits per heavy atom. The van der Waals surface area contributed by atoms with Gasteiger partial charge in [-0.3, -0.25) is 15.1 Å². The number of aromatic nitrogens is 1. The Labute approximate surface area is 100 Å². The molecule has 1 aromatic rings. The molecule has 5 nitrogen and oxygen atoms in total. The maximum absolute atomic E-state index is 10.9. The predicted octanol–water partition coefficient (Wildman–Crippen LogP) is 1.92. The number of hydrogen-bond donors (Lipinski definition) is 1. The van der Waals surface area contributed by atoms with Crippen LogP contribution in [-0.2, 0) is 6.42 Å². The molecule has 1 heterocycles. The molecule has 0 aromatic carbocycles. The molecule has 1 fully saturated rings. The van der Waals surface area contributed by atoms with Crippen LogP contribution in [-0.4, -0.2) is 22.5 Å². The van der Waals surface area contributed by atoms with Crippen molar-refractivity contribution in [3.8, 4) is 0 Å². The van der Waals surface area contributed by atoms with Crippen LogP contribution in [0.25, 0.3) is 0 Å². The van der Waals surface area contributed by atoms with Crippen molar-refractivity contribution in [2.75, 3.05) is 6.54 Å². The van der Waals surface area contributed by atoms with Crippen molar-refractivity contribution in [2.45, 2.75) is 32.2 Å². The van der Waals surface area contributed by atoms with Gasteiger partial charge in [-0.25, -0.2) is 0 Å². The van der Waals surface area contributed by atoms with E-state index in [1.54, 1.807) is 12.3 Å². The second-order valence-electron chi connectivity index (χ2n) is 4.43. The Bertz CT molecular complexity index is 404. The lowest BCUT2D eigenvalue weighted by atomic mass is 10.1. The van der Waals surface area contributed by atoms with Gasteiger partial charge in [0.25, 0.3) is 5.69 Å². The van der Waals surface area contributed by atoms with E-state index in [0.29, 0.717) is 24.1 Å². The lowest BCUT2D eigenvalue weighted by molar-refractivity contribution is -0.386. The van der Waals surface area contributed by atoms with Crippen LogP contribution in [0.15, 0.2) is 18.3 Å². The Morgan fingerprint density at radius 2 is 2.41 bits per heavy atom. The number of nitrogens with zero attached hydrogens (tertiary/aromatic N) is 2. The Morgan fingerprint density at radius 1 is 1.65 bits per heavy atom. The van der Waals surface area contributed by atoms with Crippen LogP contribution in [0.4, 0.5) is 5.69 Å². The third kappa shape index (κ3) is 3.00. The molecule has 1 aliphatic rings. The maximum Gasteiger partial charge on any atom is 0.290 e. The molecule has 0 radical (unpaired) electrons. The summed E-state index contributed by atoms with van der Waals surface area (Å²) in [5, 5.41) is 14.3. The highest BCUT2D eigenvalue weighted by Crippen LogP contribution is 2.34. The molecule has 92 valence electrons. The zero-order valence-electron chi connectivity index (χ0n) is 9.93. The van der Waals surface area contributed by atoms with Crippen molar-refractivity contribution in [1.29, 1.82) is 0 Å². The molecule has 0 saturated heterocycles. The van der Waals surface area contributed by atoms with Crippen LogP contribution < -0.4 is 5.32 Å². The minimum atomic E-state index is -0.349. The van der Waals surface area contributed by atoms with E-state index in [9.17, 15) is 10.1 Å². The summed E-state index contributed by atoms with van der Waals surface area (Å²) in [6.45, 7) is 2.95.